The Morgan fingerprint density at radius 1 is 1.18 bits per heavy atom. The lowest BCUT2D eigenvalue weighted by atomic mass is 10.3. The van der Waals surface area contributed by atoms with E-state index < -0.39 is 0 Å². The highest BCUT2D eigenvalue weighted by molar-refractivity contribution is 5.61. The van der Waals surface area contributed by atoms with E-state index in [9.17, 15) is 0 Å². The van der Waals surface area contributed by atoms with Crippen LogP contribution >= 0.6 is 0 Å². The standard InChI is InChI=1S/C11H14N6/c1-7-14-5-4-8(16-7)6-15-10-3-2-9(12)11(13)17-10/h2-5H,6,12H2,1H3,(H3,13,15,17). The molecule has 0 bridgehead atoms. The Hall–Kier alpha value is -2.37. The van der Waals surface area contributed by atoms with Crippen LogP contribution in [-0.4, -0.2) is 15.0 Å². The SMILES string of the molecule is Cc1nccc(CNc2ccc(N)c(N)n2)n1. The molecular weight excluding hydrogens is 216 g/mol. The molecule has 5 N–H and O–H groups in total. The van der Waals surface area contributed by atoms with Crippen LogP contribution in [0.3, 0.4) is 0 Å². The maximum absolute atomic E-state index is 5.61. The molecule has 0 fully saturated rings. The molecule has 6 nitrogen and oxygen atoms in total. The zero-order valence-electron chi connectivity index (χ0n) is 9.51. The summed E-state index contributed by atoms with van der Waals surface area (Å²) in [6, 6.07) is 5.34. The van der Waals surface area contributed by atoms with E-state index in [1.54, 1.807) is 18.3 Å². The molecule has 0 unspecified atom stereocenters. The van der Waals surface area contributed by atoms with Gasteiger partial charge in [0.25, 0.3) is 0 Å². The van der Waals surface area contributed by atoms with Gasteiger partial charge in [0.1, 0.15) is 17.5 Å². The van der Waals surface area contributed by atoms with Gasteiger partial charge < -0.3 is 16.8 Å². The molecule has 2 heterocycles. The number of hydrogen-bond acceptors (Lipinski definition) is 6. The summed E-state index contributed by atoms with van der Waals surface area (Å²) in [5.74, 6) is 1.75. The van der Waals surface area contributed by atoms with Gasteiger partial charge in [0.2, 0.25) is 0 Å². The van der Waals surface area contributed by atoms with Crippen LogP contribution < -0.4 is 16.8 Å². The molecule has 2 aromatic rings. The van der Waals surface area contributed by atoms with Crippen LogP contribution in [0.4, 0.5) is 17.3 Å². The van der Waals surface area contributed by atoms with Crippen molar-refractivity contribution in [2.45, 2.75) is 13.5 Å². The number of aryl methyl sites for hydroxylation is 1. The molecule has 0 aliphatic carbocycles. The number of aromatic nitrogens is 3. The van der Waals surface area contributed by atoms with Crippen molar-refractivity contribution in [1.29, 1.82) is 0 Å². The van der Waals surface area contributed by atoms with Gasteiger partial charge in [0.05, 0.1) is 17.9 Å². The van der Waals surface area contributed by atoms with E-state index in [1.807, 2.05) is 13.0 Å². The molecule has 17 heavy (non-hydrogen) atoms. The fraction of sp³-hybridized carbons (Fsp3) is 0.182. The first-order chi connectivity index (χ1) is 8.15. The summed E-state index contributed by atoms with van der Waals surface area (Å²) in [5.41, 5.74) is 12.6. The van der Waals surface area contributed by atoms with Crippen LogP contribution in [0.2, 0.25) is 0 Å². The Morgan fingerprint density at radius 3 is 2.71 bits per heavy atom. The van der Waals surface area contributed by atoms with Gasteiger partial charge in [-0.05, 0) is 25.1 Å². The minimum absolute atomic E-state index is 0.328. The molecule has 0 amide bonds. The van der Waals surface area contributed by atoms with Gasteiger partial charge in [0, 0.05) is 6.20 Å². The van der Waals surface area contributed by atoms with E-state index in [4.69, 9.17) is 11.5 Å². The number of nitrogen functional groups attached to an aromatic ring is 2. The quantitative estimate of drug-likeness (QED) is 0.725. The second-order valence-corrected chi connectivity index (χ2v) is 3.62. The molecule has 2 aromatic heterocycles. The molecule has 0 saturated carbocycles. The Balaban J connectivity index is 2.05. The van der Waals surface area contributed by atoms with Crippen LogP contribution in [0.15, 0.2) is 24.4 Å². The average Bonchev–Trinajstić information content (AvgIpc) is 2.31. The number of nitrogens with two attached hydrogens (primary N) is 2. The fourth-order valence-electron chi connectivity index (χ4n) is 1.37. The highest BCUT2D eigenvalue weighted by Crippen LogP contribution is 2.14. The van der Waals surface area contributed by atoms with E-state index in [1.165, 1.54) is 0 Å². The summed E-state index contributed by atoms with van der Waals surface area (Å²) in [4.78, 5) is 12.4. The van der Waals surface area contributed by atoms with Gasteiger partial charge in [-0.3, -0.25) is 0 Å². The first-order valence-electron chi connectivity index (χ1n) is 5.19. The van der Waals surface area contributed by atoms with Gasteiger partial charge in [-0.15, -0.1) is 0 Å². The summed E-state index contributed by atoms with van der Waals surface area (Å²) < 4.78 is 0. The summed E-state index contributed by atoms with van der Waals surface area (Å²) in [6.07, 6.45) is 1.73. The number of nitrogens with one attached hydrogen (secondary N) is 1. The first kappa shape index (κ1) is 11.1. The number of rotatable bonds is 3. The molecule has 0 radical (unpaired) electrons. The summed E-state index contributed by atoms with van der Waals surface area (Å²) in [5, 5.41) is 3.12. The van der Waals surface area contributed by atoms with Crippen LogP contribution in [0.1, 0.15) is 11.5 Å². The zero-order chi connectivity index (χ0) is 12.3. The molecule has 0 saturated heterocycles. The molecule has 0 aliphatic rings. The lowest BCUT2D eigenvalue weighted by molar-refractivity contribution is 0.950. The summed E-state index contributed by atoms with van der Waals surface area (Å²) in [7, 11) is 0. The maximum Gasteiger partial charge on any atom is 0.149 e. The third kappa shape index (κ3) is 2.81. The van der Waals surface area contributed by atoms with Gasteiger partial charge in [-0.25, -0.2) is 15.0 Å². The smallest absolute Gasteiger partial charge is 0.149 e. The molecular formula is C11H14N6. The number of nitrogens with zero attached hydrogens (tertiary/aromatic N) is 3. The van der Waals surface area contributed by atoms with Crippen molar-refractivity contribution >= 4 is 17.3 Å². The van der Waals surface area contributed by atoms with Gasteiger partial charge in [0.15, 0.2) is 0 Å². The maximum atomic E-state index is 5.61. The third-order valence-electron chi connectivity index (χ3n) is 2.24. The van der Waals surface area contributed by atoms with Crippen LogP contribution in [0, 0.1) is 6.92 Å². The Morgan fingerprint density at radius 2 is 2.00 bits per heavy atom. The topological polar surface area (TPSA) is 103 Å². The zero-order valence-corrected chi connectivity index (χ0v) is 9.51. The predicted octanol–water partition coefficient (Wildman–Crippen LogP) is 0.957. The molecule has 0 atom stereocenters. The number of anilines is 3. The Labute approximate surface area is 99.1 Å². The van der Waals surface area contributed by atoms with Crippen molar-refractivity contribution in [3.63, 3.8) is 0 Å². The predicted molar refractivity (Wildman–Crippen MR) is 67.2 cm³/mol. The average molecular weight is 230 g/mol. The van der Waals surface area contributed by atoms with E-state index in [2.05, 4.69) is 20.3 Å². The molecule has 6 heteroatoms. The Bertz CT molecular complexity index is 525. The molecule has 88 valence electrons. The minimum Gasteiger partial charge on any atom is -0.396 e. The van der Waals surface area contributed by atoms with Crippen molar-refractivity contribution < 1.29 is 0 Å². The normalized spacial score (nSPS) is 10.2. The van der Waals surface area contributed by atoms with Crippen molar-refractivity contribution in [1.82, 2.24) is 15.0 Å². The van der Waals surface area contributed by atoms with Gasteiger partial charge in [-0.2, -0.15) is 0 Å². The first-order valence-corrected chi connectivity index (χ1v) is 5.19. The van der Waals surface area contributed by atoms with Crippen LogP contribution in [-0.2, 0) is 6.54 Å². The molecule has 2 rings (SSSR count). The molecule has 0 spiro atoms. The minimum atomic E-state index is 0.328. The summed E-state index contributed by atoms with van der Waals surface area (Å²) in [6.45, 7) is 2.42. The van der Waals surface area contributed by atoms with Crippen molar-refractivity contribution in [2.75, 3.05) is 16.8 Å². The van der Waals surface area contributed by atoms with E-state index in [0.717, 1.165) is 11.5 Å². The highest BCUT2D eigenvalue weighted by atomic mass is 15.0. The monoisotopic (exact) mass is 230 g/mol. The summed E-state index contributed by atoms with van der Waals surface area (Å²) >= 11 is 0. The largest absolute Gasteiger partial charge is 0.396 e. The second-order valence-electron chi connectivity index (χ2n) is 3.62. The molecule has 0 aromatic carbocycles. The highest BCUT2D eigenvalue weighted by Gasteiger charge is 2.00. The van der Waals surface area contributed by atoms with Gasteiger partial charge in [-0.1, -0.05) is 0 Å². The second kappa shape index (κ2) is 4.65. The fourth-order valence-corrected chi connectivity index (χ4v) is 1.37. The third-order valence-corrected chi connectivity index (χ3v) is 2.24. The molecule has 0 aliphatic heterocycles. The van der Waals surface area contributed by atoms with Crippen LogP contribution in [0.5, 0.6) is 0 Å². The van der Waals surface area contributed by atoms with Gasteiger partial charge >= 0.3 is 0 Å². The van der Waals surface area contributed by atoms with Crippen molar-refractivity contribution in [3.05, 3.63) is 35.9 Å². The Kier molecular flexibility index (Phi) is 3.04. The number of pyridine rings is 1. The van der Waals surface area contributed by atoms with Crippen molar-refractivity contribution in [2.24, 2.45) is 0 Å². The lowest BCUT2D eigenvalue weighted by Crippen LogP contribution is -2.06. The van der Waals surface area contributed by atoms with E-state index in [-0.39, 0.29) is 0 Å². The van der Waals surface area contributed by atoms with Crippen LogP contribution in [0.25, 0.3) is 0 Å². The van der Waals surface area contributed by atoms with Crippen molar-refractivity contribution in [3.8, 4) is 0 Å². The lowest BCUT2D eigenvalue weighted by Gasteiger charge is -2.07. The van der Waals surface area contributed by atoms with E-state index >= 15 is 0 Å². The number of hydrogen-bond donors (Lipinski definition) is 3. The van der Waals surface area contributed by atoms with E-state index in [0.29, 0.717) is 23.9 Å².